The van der Waals surface area contributed by atoms with Crippen molar-refractivity contribution in [1.82, 2.24) is 5.32 Å². The Morgan fingerprint density at radius 2 is 1.93 bits per heavy atom. The number of nitrogens with one attached hydrogen (secondary N) is 1. The summed E-state index contributed by atoms with van der Waals surface area (Å²) in [6.45, 7) is 4.16. The van der Waals surface area contributed by atoms with Crippen molar-refractivity contribution in [3.05, 3.63) is 58.6 Å². The van der Waals surface area contributed by atoms with Crippen LogP contribution in [0.5, 0.6) is 0 Å². The van der Waals surface area contributed by atoms with E-state index in [1.54, 1.807) is 6.07 Å². The van der Waals surface area contributed by atoms with Crippen LogP contribution in [0.3, 0.4) is 0 Å². The van der Waals surface area contributed by atoms with Crippen molar-refractivity contribution in [1.29, 1.82) is 0 Å². The molecule has 1 saturated heterocycles. The molecule has 2 aliphatic rings. The van der Waals surface area contributed by atoms with Gasteiger partial charge < -0.3 is 15.1 Å². The van der Waals surface area contributed by atoms with E-state index < -0.39 is 17.7 Å². The van der Waals surface area contributed by atoms with E-state index in [9.17, 15) is 18.0 Å². The Labute approximate surface area is 178 Å². The summed E-state index contributed by atoms with van der Waals surface area (Å²) in [6, 6.07) is 11.3. The van der Waals surface area contributed by atoms with E-state index in [-0.39, 0.29) is 18.4 Å². The number of hydrogen-bond acceptors (Lipinski definition) is 3. The van der Waals surface area contributed by atoms with Gasteiger partial charge in [-0.2, -0.15) is 13.2 Å². The van der Waals surface area contributed by atoms with E-state index in [1.165, 1.54) is 6.07 Å². The number of halogens is 4. The Hall–Kier alpha value is -2.41. The van der Waals surface area contributed by atoms with Crippen molar-refractivity contribution >= 4 is 28.9 Å². The normalized spacial score (nSPS) is 21.1. The minimum atomic E-state index is -4.41. The summed E-state index contributed by atoms with van der Waals surface area (Å²) in [5.41, 5.74) is 1.59. The lowest BCUT2D eigenvalue weighted by molar-refractivity contribution is -0.137. The lowest BCUT2D eigenvalue weighted by Gasteiger charge is -2.49. The second kappa shape index (κ2) is 8.02. The lowest BCUT2D eigenvalue weighted by atomic mass is 9.82. The van der Waals surface area contributed by atoms with Crippen molar-refractivity contribution in [2.45, 2.75) is 25.6 Å². The SMILES string of the molecule is CCNC(=O)[C@H]1Cc2cc(C(F)(F)F)ccc2N2CCN(c3ccccc3Cl)C[C@H]12. The molecule has 0 aliphatic carbocycles. The molecule has 160 valence electrons. The van der Waals surface area contributed by atoms with Crippen molar-refractivity contribution in [2.24, 2.45) is 5.92 Å². The fourth-order valence-electron chi connectivity index (χ4n) is 4.53. The van der Waals surface area contributed by atoms with E-state index in [2.05, 4.69) is 15.1 Å². The zero-order chi connectivity index (χ0) is 21.5. The monoisotopic (exact) mass is 437 g/mol. The van der Waals surface area contributed by atoms with E-state index in [1.807, 2.05) is 31.2 Å². The average Bonchev–Trinajstić information content (AvgIpc) is 2.72. The second-order valence-corrected chi connectivity index (χ2v) is 8.11. The van der Waals surface area contributed by atoms with Gasteiger partial charge in [0.25, 0.3) is 0 Å². The third kappa shape index (κ3) is 3.83. The highest BCUT2D eigenvalue weighted by molar-refractivity contribution is 6.33. The number of para-hydroxylation sites is 1. The highest BCUT2D eigenvalue weighted by Gasteiger charge is 2.42. The third-order valence-electron chi connectivity index (χ3n) is 5.92. The summed E-state index contributed by atoms with van der Waals surface area (Å²) in [5.74, 6) is -0.567. The second-order valence-electron chi connectivity index (χ2n) is 7.70. The molecule has 8 heteroatoms. The number of amides is 1. The Morgan fingerprint density at radius 1 is 1.17 bits per heavy atom. The van der Waals surface area contributed by atoms with Gasteiger partial charge in [-0.15, -0.1) is 0 Å². The predicted octanol–water partition coefficient (Wildman–Crippen LogP) is 4.36. The molecule has 0 aromatic heterocycles. The van der Waals surface area contributed by atoms with Crippen molar-refractivity contribution in [3.8, 4) is 0 Å². The van der Waals surface area contributed by atoms with E-state index >= 15 is 0 Å². The van der Waals surface area contributed by atoms with Crippen LogP contribution < -0.4 is 15.1 Å². The molecule has 0 bridgehead atoms. The summed E-state index contributed by atoms with van der Waals surface area (Å²) in [4.78, 5) is 17.1. The van der Waals surface area contributed by atoms with Gasteiger partial charge in [0.15, 0.2) is 0 Å². The molecule has 1 N–H and O–H groups in total. The first-order valence-corrected chi connectivity index (χ1v) is 10.4. The highest BCUT2D eigenvalue weighted by atomic mass is 35.5. The van der Waals surface area contributed by atoms with Gasteiger partial charge in [-0.1, -0.05) is 23.7 Å². The van der Waals surface area contributed by atoms with Gasteiger partial charge >= 0.3 is 6.18 Å². The molecule has 0 unspecified atom stereocenters. The zero-order valence-corrected chi connectivity index (χ0v) is 17.3. The summed E-state index contributed by atoms with van der Waals surface area (Å²) < 4.78 is 39.7. The molecule has 1 fully saturated rings. The molecule has 2 atom stereocenters. The van der Waals surface area contributed by atoms with E-state index in [0.29, 0.717) is 36.8 Å². The predicted molar refractivity (Wildman–Crippen MR) is 112 cm³/mol. The fraction of sp³-hybridized carbons (Fsp3) is 0.409. The van der Waals surface area contributed by atoms with Crippen molar-refractivity contribution in [2.75, 3.05) is 36.0 Å². The number of piperazine rings is 1. The molecule has 4 rings (SSSR count). The first-order valence-electron chi connectivity index (χ1n) is 10.0. The van der Waals surface area contributed by atoms with E-state index in [0.717, 1.165) is 17.4 Å². The number of hydrogen-bond donors (Lipinski definition) is 1. The Kier molecular flexibility index (Phi) is 5.57. The standard InChI is InChI=1S/C22H23ClF3N3O/c1-2-27-21(30)16-12-14-11-15(22(24,25)26)7-8-18(14)29-10-9-28(13-20(16)29)19-6-4-3-5-17(19)23/h3-8,11,16,20H,2,9-10,12-13H2,1H3,(H,27,30)/t16-,20+/m0/s1. The number of rotatable bonds is 3. The van der Waals surface area contributed by atoms with Gasteiger partial charge in [0.05, 0.1) is 28.2 Å². The molecule has 2 aromatic carbocycles. The first kappa shape index (κ1) is 20.8. The minimum absolute atomic E-state index is 0.128. The third-order valence-corrected chi connectivity index (χ3v) is 6.24. The van der Waals surface area contributed by atoms with Gasteiger partial charge in [-0.05, 0) is 49.2 Å². The van der Waals surface area contributed by atoms with Gasteiger partial charge in [0.1, 0.15) is 0 Å². The largest absolute Gasteiger partial charge is 0.416 e. The number of benzene rings is 2. The van der Waals surface area contributed by atoms with Crippen LogP contribution in [0.15, 0.2) is 42.5 Å². The van der Waals surface area contributed by atoms with Crippen LogP contribution in [-0.4, -0.2) is 38.1 Å². The van der Waals surface area contributed by atoms with Crippen LogP contribution in [0, 0.1) is 5.92 Å². The number of nitrogens with zero attached hydrogens (tertiary/aromatic N) is 2. The maximum Gasteiger partial charge on any atom is 0.416 e. The van der Waals surface area contributed by atoms with Crippen LogP contribution in [0.4, 0.5) is 24.5 Å². The van der Waals surface area contributed by atoms with Crippen LogP contribution in [0.25, 0.3) is 0 Å². The van der Waals surface area contributed by atoms with Crippen LogP contribution in [0.2, 0.25) is 5.02 Å². The summed E-state index contributed by atoms with van der Waals surface area (Å²) in [7, 11) is 0. The van der Waals surface area contributed by atoms with Crippen molar-refractivity contribution in [3.63, 3.8) is 0 Å². The summed E-state index contributed by atoms with van der Waals surface area (Å²) >= 11 is 6.38. The smallest absolute Gasteiger partial charge is 0.366 e. The molecule has 0 spiro atoms. The number of alkyl halides is 3. The van der Waals surface area contributed by atoms with Crippen LogP contribution in [0.1, 0.15) is 18.1 Å². The number of anilines is 2. The molecular formula is C22H23ClF3N3O. The molecule has 30 heavy (non-hydrogen) atoms. The molecule has 0 saturated carbocycles. The van der Waals surface area contributed by atoms with Crippen LogP contribution >= 0.6 is 11.6 Å². The Balaban J connectivity index is 1.70. The topological polar surface area (TPSA) is 35.6 Å². The number of fused-ring (bicyclic) bond motifs is 3. The first-order chi connectivity index (χ1) is 14.3. The van der Waals surface area contributed by atoms with Gasteiger partial charge in [-0.25, -0.2) is 0 Å². The Bertz CT molecular complexity index is 949. The summed E-state index contributed by atoms with van der Waals surface area (Å²) in [5, 5.41) is 3.50. The Morgan fingerprint density at radius 3 is 2.63 bits per heavy atom. The molecule has 0 radical (unpaired) electrons. The minimum Gasteiger partial charge on any atom is -0.366 e. The summed E-state index contributed by atoms with van der Waals surface area (Å²) in [6.07, 6.45) is -4.13. The quantitative estimate of drug-likeness (QED) is 0.774. The average molecular weight is 438 g/mol. The molecule has 2 aliphatic heterocycles. The molecule has 1 amide bonds. The maximum atomic E-state index is 13.2. The zero-order valence-electron chi connectivity index (χ0n) is 16.5. The van der Waals surface area contributed by atoms with Crippen molar-refractivity contribution < 1.29 is 18.0 Å². The number of carbonyl (C=O) groups is 1. The lowest BCUT2D eigenvalue weighted by Crippen LogP contribution is -2.61. The molecular weight excluding hydrogens is 415 g/mol. The van der Waals surface area contributed by atoms with Gasteiger partial charge in [0.2, 0.25) is 5.91 Å². The van der Waals surface area contributed by atoms with Gasteiger partial charge in [-0.3, -0.25) is 4.79 Å². The van der Waals surface area contributed by atoms with E-state index in [4.69, 9.17) is 11.6 Å². The van der Waals surface area contributed by atoms with Crippen LogP contribution in [-0.2, 0) is 17.4 Å². The fourth-order valence-corrected chi connectivity index (χ4v) is 4.79. The molecule has 2 heterocycles. The maximum absolute atomic E-state index is 13.2. The van der Waals surface area contributed by atoms with Gasteiger partial charge in [0, 0.05) is 31.9 Å². The molecule has 4 nitrogen and oxygen atoms in total. The number of carbonyl (C=O) groups excluding carboxylic acids is 1. The molecule has 2 aromatic rings. The highest BCUT2D eigenvalue weighted by Crippen LogP contribution is 2.40.